The van der Waals surface area contributed by atoms with Gasteiger partial charge in [0.15, 0.2) is 0 Å². The van der Waals surface area contributed by atoms with Crippen LogP contribution in [-0.2, 0) is 0 Å². The van der Waals surface area contributed by atoms with E-state index in [0.717, 1.165) is 0 Å². The minimum Gasteiger partial charge on any atom is -0.316 e. The van der Waals surface area contributed by atoms with Crippen LogP contribution in [0, 0.1) is 11.6 Å². The summed E-state index contributed by atoms with van der Waals surface area (Å²) < 4.78 is 61.1. The fraction of sp³-hybridized carbons (Fsp3) is 0.250. The molecule has 0 aliphatic heterocycles. The molecule has 0 saturated carbocycles. The first-order valence-corrected chi connectivity index (χ1v) is 3.59. The Kier molecular flexibility index (Phi) is 4.48. The molecule has 1 nitrogen and oxygen atoms in total. The van der Waals surface area contributed by atoms with Gasteiger partial charge < -0.3 is 5.73 Å². The average molecular weight is 248 g/mol. The molecule has 15 heavy (non-hydrogen) atoms. The summed E-state index contributed by atoms with van der Waals surface area (Å²) in [7, 11) is 0. The summed E-state index contributed by atoms with van der Waals surface area (Å²) in [5.41, 5.74) is 4.12. The lowest BCUT2D eigenvalue weighted by atomic mass is 10.1. The van der Waals surface area contributed by atoms with Gasteiger partial charge in [0.25, 0.3) is 0 Å². The first-order chi connectivity index (χ1) is 6.30. The fourth-order valence-corrected chi connectivity index (χ4v) is 0.944. The van der Waals surface area contributed by atoms with Crippen LogP contribution in [0.15, 0.2) is 18.2 Å². The fourth-order valence-electron chi connectivity index (χ4n) is 0.944. The highest BCUT2D eigenvalue weighted by molar-refractivity contribution is 5.85. The number of alkyl halides is 3. The molecule has 1 aromatic carbocycles. The van der Waals surface area contributed by atoms with Crippen LogP contribution in [0.1, 0.15) is 11.6 Å². The van der Waals surface area contributed by atoms with Gasteiger partial charge in [-0.3, -0.25) is 0 Å². The van der Waals surface area contributed by atoms with E-state index in [4.69, 9.17) is 5.73 Å². The first-order valence-electron chi connectivity index (χ1n) is 3.59. The van der Waals surface area contributed by atoms with Crippen LogP contribution in [0.25, 0.3) is 0 Å². The summed E-state index contributed by atoms with van der Waals surface area (Å²) in [6.45, 7) is 0. The Morgan fingerprint density at radius 2 is 1.40 bits per heavy atom. The molecule has 0 heterocycles. The number of nitrogens with two attached hydrogens (primary N) is 1. The van der Waals surface area contributed by atoms with Gasteiger partial charge in [-0.25, -0.2) is 8.78 Å². The second kappa shape index (κ2) is 4.76. The highest BCUT2D eigenvalue weighted by Gasteiger charge is 2.38. The van der Waals surface area contributed by atoms with E-state index in [1.165, 1.54) is 0 Å². The lowest BCUT2D eigenvalue weighted by molar-refractivity contribution is -0.149. The second-order valence-electron chi connectivity index (χ2n) is 2.72. The zero-order chi connectivity index (χ0) is 10.9. The van der Waals surface area contributed by atoms with Gasteiger partial charge in [0, 0.05) is 6.07 Å². The standard InChI is InChI=1S/C8H6F5N.ClH/c9-5-1-4(2-6(10)3-5)7(14)8(11,12)13;/h1-3,7H,14H2;1H. The van der Waals surface area contributed by atoms with Crippen molar-refractivity contribution in [3.63, 3.8) is 0 Å². The zero-order valence-electron chi connectivity index (χ0n) is 7.18. The Labute approximate surface area is 88.5 Å². The van der Waals surface area contributed by atoms with E-state index in [1.54, 1.807) is 0 Å². The molecule has 1 atom stereocenters. The Hall–Kier alpha value is -0.880. The van der Waals surface area contributed by atoms with Gasteiger partial charge in [-0.2, -0.15) is 13.2 Å². The molecule has 0 aliphatic carbocycles. The molecule has 1 aromatic rings. The van der Waals surface area contributed by atoms with Crippen molar-refractivity contribution in [1.29, 1.82) is 0 Å². The summed E-state index contributed by atoms with van der Waals surface area (Å²) in [6.07, 6.45) is -4.71. The van der Waals surface area contributed by atoms with E-state index in [0.29, 0.717) is 18.2 Å². The Morgan fingerprint density at radius 3 is 1.73 bits per heavy atom. The Balaban J connectivity index is 0.00000196. The number of hydrogen-bond donors (Lipinski definition) is 1. The Bertz CT molecular complexity index is 318. The summed E-state index contributed by atoms with van der Waals surface area (Å²) >= 11 is 0. The lowest BCUT2D eigenvalue weighted by Crippen LogP contribution is -2.28. The summed E-state index contributed by atoms with van der Waals surface area (Å²) in [5.74, 6) is -2.17. The summed E-state index contributed by atoms with van der Waals surface area (Å²) in [6, 6.07) is -0.776. The van der Waals surface area contributed by atoms with Gasteiger partial charge in [-0.1, -0.05) is 0 Å². The normalized spacial score (nSPS) is 13.2. The van der Waals surface area contributed by atoms with Crippen LogP contribution in [0.4, 0.5) is 22.0 Å². The lowest BCUT2D eigenvalue weighted by Gasteiger charge is -2.15. The molecular weight excluding hydrogens is 241 g/mol. The van der Waals surface area contributed by atoms with E-state index in [2.05, 4.69) is 0 Å². The van der Waals surface area contributed by atoms with E-state index in [1.807, 2.05) is 0 Å². The number of hydrogen-bond acceptors (Lipinski definition) is 1. The van der Waals surface area contributed by atoms with Gasteiger partial charge in [0.2, 0.25) is 0 Å². The van der Waals surface area contributed by atoms with E-state index in [-0.39, 0.29) is 12.4 Å². The molecule has 0 spiro atoms. The van der Waals surface area contributed by atoms with E-state index < -0.39 is 29.4 Å². The average Bonchev–Trinajstić information content (AvgIpc) is 1.99. The molecular formula is C8H7ClF5N. The van der Waals surface area contributed by atoms with Gasteiger partial charge in [-0.05, 0) is 17.7 Å². The molecule has 86 valence electrons. The molecule has 0 saturated heterocycles. The van der Waals surface area contributed by atoms with Gasteiger partial charge in [-0.15, -0.1) is 12.4 Å². The monoisotopic (exact) mass is 247 g/mol. The van der Waals surface area contributed by atoms with Gasteiger partial charge in [0.05, 0.1) is 0 Å². The maximum Gasteiger partial charge on any atom is 0.407 e. The quantitative estimate of drug-likeness (QED) is 0.759. The first kappa shape index (κ1) is 14.1. The van der Waals surface area contributed by atoms with E-state index in [9.17, 15) is 22.0 Å². The maximum absolute atomic E-state index is 12.5. The minimum atomic E-state index is -4.71. The molecule has 0 amide bonds. The predicted molar refractivity (Wildman–Crippen MR) is 46.6 cm³/mol. The van der Waals surface area contributed by atoms with Crippen molar-refractivity contribution in [2.45, 2.75) is 12.2 Å². The molecule has 2 N–H and O–H groups in total. The zero-order valence-corrected chi connectivity index (χ0v) is 8.00. The van der Waals surface area contributed by atoms with Crippen LogP contribution in [0.3, 0.4) is 0 Å². The molecule has 0 radical (unpaired) electrons. The van der Waals surface area contributed by atoms with Crippen LogP contribution in [-0.4, -0.2) is 6.18 Å². The molecule has 0 aromatic heterocycles. The minimum absolute atomic E-state index is 0. The van der Waals surface area contributed by atoms with Crippen LogP contribution >= 0.6 is 12.4 Å². The van der Waals surface area contributed by atoms with Crippen LogP contribution < -0.4 is 5.73 Å². The summed E-state index contributed by atoms with van der Waals surface area (Å²) in [4.78, 5) is 0. The number of halogens is 6. The van der Waals surface area contributed by atoms with Crippen molar-refractivity contribution < 1.29 is 22.0 Å². The Morgan fingerprint density at radius 1 is 1.00 bits per heavy atom. The maximum atomic E-state index is 12.5. The smallest absolute Gasteiger partial charge is 0.316 e. The molecule has 1 unspecified atom stereocenters. The molecule has 0 aliphatic rings. The van der Waals surface area contributed by atoms with Crippen molar-refractivity contribution in [2.75, 3.05) is 0 Å². The second-order valence-corrected chi connectivity index (χ2v) is 2.72. The van der Waals surface area contributed by atoms with Crippen LogP contribution in [0.5, 0.6) is 0 Å². The number of benzene rings is 1. The molecule has 0 bridgehead atoms. The SMILES string of the molecule is Cl.NC(c1cc(F)cc(F)c1)C(F)(F)F. The third kappa shape index (κ3) is 3.64. The van der Waals surface area contributed by atoms with Crippen molar-refractivity contribution in [2.24, 2.45) is 5.73 Å². The topological polar surface area (TPSA) is 26.0 Å². The third-order valence-corrected chi connectivity index (χ3v) is 1.60. The predicted octanol–water partition coefficient (Wildman–Crippen LogP) is 2.95. The molecule has 0 fully saturated rings. The highest BCUT2D eigenvalue weighted by Crippen LogP contribution is 2.30. The highest BCUT2D eigenvalue weighted by atomic mass is 35.5. The van der Waals surface area contributed by atoms with Crippen molar-refractivity contribution >= 4 is 12.4 Å². The largest absolute Gasteiger partial charge is 0.407 e. The van der Waals surface area contributed by atoms with Crippen LogP contribution in [0.2, 0.25) is 0 Å². The molecule has 7 heteroatoms. The summed E-state index contributed by atoms with van der Waals surface area (Å²) in [5, 5.41) is 0. The van der Waals surface area contributed by atoms with Crippen molar-refractivity contribution in [3.05, 3.63) is 35.4 Å². The van der Waals surface area contributed by atoms with Crippen molar-refractivity contribution in [3.8, 4) is 0 Å². The third-order valence-electron chi connectivity index (χ3n) is 1.60. The van der Waals surface area contributed by atoms with Gasteiger partial charge >= 0.3 is 6.18 Å². The number of rotatable bonds is 1. The molecule has 1 rings (SSSR count). The van der Waals surface area contributed by atoms with Gasteiger partial charge in [0.1, 0.15) is 17.7 Å². The van der Waals surface area contributed by atoms with E-state index >= 15 is 0 Å². The van der Waals surface area contributed by atoms with Crippen molar-refractivity contribution in [1.82, 2.24) is 0 Å².